The van der Waals surface area contributed by atoms with E-state index in [0.29, 0.717) is 24.2 Å². The van der Waals surface area contributed by atoms with Gasteiger partial charge in [-0.2, -0.15) is 0 Å². The van der Waals surface area contributed by atoms with Crippen LogP contribution < -0.4 is 10.6 Å². The van der Waals surface area contributed by atoms with Gasteiger partial charge in [0.05, 0.1) is 6.04 Å². The van der Waals surface area contributed by atoms with Crippen LogP contribution in [0.15, 0.2) is 72.4 Å². The number of amides is 2. The molecule has 0 spiro atoms. The van der Waals surface area contributed by atoms with Crippen molar-refractivity contribution in [1.29, 1.82) is 0 Å². The van der Waals surface area contributed by atoms with E-state index in [0.717, 1.165) is 49.7 Å². The molecular weight excluding hydrogens is 444 g/mol. The van der Waals surface area contributed by atoms with Crippen LogP contribution in [0, 0.1) is 34.5 Å². The van der Waals surface area contributed by atoms with Crippen LogP contribution in [-0.4, -0.2) is 11.8 Å². The molecule has 4 heteroatoms. The van der Waals surface area contributed by atoms with Gasteiger partial charge in [0.1, 0.15) is 0 Å². The molecule has 4 nitrogen and oxygen atoms in total. The number of piperidine rings is 1. The smallest absolute Gasteiger partial charge is 0.224 e. The van der Waals surface area contributed by atoms with Gasteiger partial charge in [-0.05, 0) is 72.8 Å². The molecule has 0 aromatic heterocycles. The van der Waals surface area contributed by atoms with Gasteiger partial charge in [-0.1, -0.05) is 80.6 Å². The van der Waals surface area contributed by atoms with Gasteiger partial charge in [0.25, 0.3) is 0 Å². The maximum absolute atomic E-state index is 14.0. The van der Waals surface area contributed by atoms with Gasteiger partial charge < -0.3 is 10.6 Å². The number of rotatable bonds is 4. The maximum atomic E-state index is 14.0. The molecule has 2 aromatic rings. The molecule has 1 heterocycles. The zero-order valence-corrected chi connectivity index (χ0v) is 21.5. The second-order valence-corrected chi connectivity index (χ2v) is 12.1. The van der Waals surface area contributed by atoms with Gasteiger partial charge in [0, 0.05) is 23.5 Å². The van der Waals surface area contributed by atoms with E-state index >= 15 is 0 Å². The van der Waals surface area contributed by atoms with E-state index in [-0.39, 0.29) is 34.6 Å². The largest absolute Gasteiger partial charge is 0.345 e. The number of nitrogens with one attached hydrogen (secondary N) is 2. The minimum Gasteiger partial charge on any atom is -0.345 e. The molecule has 4 aliphatic rings. The number of carbonyl (C=O) groups excluding carboxylic acids is 2. The molecule has 1 saturated heterocycles. The van der Waals surface area contributed by atoms with E-state index in [9.17, 15) is 9.59 Å². The van der Waals surface area contributed by atoms with Gasteiger partial charge in [0.2, 0.25) is 11.8 Å². The van der Waals surface area contributed by atoms with Crippen molar-refractivity contribution in [2.45, 2.75) is 64.8 Å². The van der Waals surface area contributed by atoms with E-state index in [1.165, 1.54) is 5.70 Å². The van der Waals surface area contributed by atoms with Crippen molar-refractivity contribution in [3.05, 3.63) is 83.6 Å². The normalized spacial score (nSPS) is 35.2. The third kappa shape index (κ3) is 3.72. The summed E-state index contributed by atoms with van der Waals surface area (Å²) >= 11 is 0. The van der Waals surface area contributed by atoms with Crippen LogP contribution in [0.2, 0.25) is 0 Å². The monoisotopic (exact) mass is 482 g/mol. The number of hydrogen-bond donors (Lipinski definition) is 2. The molecule has 3 fully saturated rings. The van der Waals surface area contributed by atoms with Crippen LogP contribution in [0.25, 0.3) is 0 Å². The Hall–Kier alpha value is -2.88. The summed E-state index contributed by atoms with van der Waals surface area (Å²) in [5.41, 5.74) is 3.52. The fourth-order valence-corrected chi connectivity index (χ4v) is 8.52. The van der Waals surface area contributed by atoms with Crippen LogP contribution >= 0.6 is 0 Å². The predicted octanol–water partition coefficient (Wildman–Crippen LogP) is 6.15. The second kappa shape index (κ2) is 8.90. The lowest BCUT2D eigenvalue weighted by molar-refractivity contribution is -0.133. The Bertz CT molecular complexity index is 1140. The summed E-state index contributed by atoms with van der Waals surface area (Å²) in [6, 6.07) is 20.5. The molecule has 2 saturated carbocycles. The lowest BCUT2D eigenvalue weighted by atomic mass is 9.49. The van der Waals surface area contributed by atoms with Crippen molar-refractivity contribution in [2.75, 3.05) is 0 Å². The first kappa shape index (κ1) is 23.5. The van der Waals surface area contributed by atoms with Gasteiger partial charge >= 0.3 is 0 Å². The third-order valence-corrected chi connectivity index (χ3v) is 10.5. The molecule has 2 amide bonds. The average molecular weight is 483 g/mol. The summed E-state index contributed by atoms with van der Waals surface area (Å²) in [6.45, 7) is 4.77. The lowest BCUT2D eigenvalue weighted by Crippen LogP contribution is -2.54. The second-order valence-electron chi connectivity index (χ2n) is 12.1. The number of hydrogen-bond acceptors (Lipinski definition) is 2. The number of benzene rings is 2. The minimum atomic E-state index is -0.135. The molecular formula is C32H38N2O2. The van der Waals surface area contributed by atoms with E-state index in [1.807, 2.05) is 36.4 Å². The van der Waals surface area contributed by atoms with Crippen molar-refractivity contribution in [2.24, 2.45) is 34.5 Å². The van der Waals surface area contributed by atoms with Crippen molar-refractivity contribution in [3.8, 4) is 0 Å². The summed E-state index contributed by atoms with van der Waals surface area (Å²) in [6.07, 6.45) is 9.26. The molecule has 36 heavy (non-hydrogen) atoms. The summed E-state index contributed by atoms with van der Waals surface area (Å²) in [5.74, 6) is 2.18. The van der Waals surface area contributed by atoms with Crippen molar-refractivity contribution in [1.82, 2.24) is 10.6 Å². The Balaban J connectivity index is 1.25. The number of fused-ring (bicyclic) bond motifs is 5. The van der Waals surface area contributed by atoms with Crippen LogP contribution in [0.4, 0.5) is 0 Å². The van der Waals surface area contributed by atoms with Crippen molar-refractivity contribution >= 4 is 11.8 Å². The Morgan fingerprint density at radius 1 is 0.917 bits per heavy atom. The highest BCUT2D eigenvalue weighted by Gasteiger charge is 2.60. The number of allylic oxidation sites excluding steroid dienone is 2. The molecule has 0 unspecified atom stereocenters. The highest BCUT2D eigenvalue weighted by molar-refractivity contribution is 5.81. The zero-order valence-electron chi connectivity index (χ0n) is 21.5. The molecule has 0 radical (unpaired) electrons. The highest BCUT2D eigenvalue weighted by atomic mass is 16.2. The lowest BCUT2D eigenvalue weighted by Gasteiger charge is -2.57. The Kier molecular flexibility index (Phi) is 5.81. The number of carbonyl (C=O) groups is 2. The van der Waals surface area contributed by atoms with Crippen molar-refractivity contribution < 1.29 is 9.59 Å². The highest BCUT2D eigenvalue weighted by Crippen LogP contribution is 2.65. The Morgan fingerprint density at radius 3 is 2.25 bits per heavy atom. The van der Waals surface area contributed by atoms with Gasteiger partial charge in [-0.25, -0.2) is 0 Å². The molecule has 188 valence electrons. The third-order valence-electron chi connectivity index (χ3n) is 10.5. The molecule has 2 N–H and O–H groups in total. The Labute approximate surface area is 214 Å². The minimum absolute atomic E-state index is 0.0305. The molecule has 6 rings (SSSR count). The summed E-state index contributed by atoms with van der Waals surface area (Å²) < 4.78 is 0. The summed E-state index contributed by atoms with van der Waals surface area (Å²) in [4.78, 5) is 26.0. The first-order valence-electron chi connectivity index (χ1n) is 13.8. The van der Waals surface area contributed by atoms with E-state index in [1.54, 1.807) is 0 Å². The van der Waals surface area contributed by atoms with Gasteiger partial charge in [0.15, 0.2) is 0 Å². The topological polar surface area (TPSA) is 58.2 Å². The zero-order chi connectivity index (χ0) is 24.9. The van der Waals surface area contributed by atoms with E-state index in [4.69, 9.17) is 0 Å². The predicted molar refractivity (Wildman–Crippen MR) is 142 cm³/mol. The molecule has 3 aliphatic carbocycles. The molecule has 1 aliphatic heterocycles. The summed E-state index contributed by atoms with van der Waals surface area (Å²) in [5, 5.41) is 6.68. The molecule has 6 atom stereocenters. The van der Waals surface area contributed by atoms with E-state index < -0.39 is 0 Å². The van der Waals surface area contributed by atoms with Gasteiger partial charge in [-0.3, -0.25) is 9.59 Å². The standard InChI is InChI=1S/C32H38N2O2/c1-31-19-17-25-23(13-16-27-32(25,2)20-18-28(35)33-27)24(31)14-15-26(31)30(36)34-29(21-9-5-3-6-10-21)22-11-7-4-8-12-22/h3-12,16,23-26,29H,13-15,17-20H2,1-2H3,(H,33,35)(H,34,36)/t23-,24-,25-,26+,31-,32+/m0/s1. The van der Waals surface area contributed by atoms with Crippen LogP contribution in [-0.2, 0) is 9.59 Å². The fraction of sp³-hybridized carbons (Fsp3) is 0.500. The van der Waals surface area contributed by atoms with Crippen LogP contribution in [0.1, 0.15) is 76.0 Å². The van der Waals surface area contributed by atoms with Crippen LogP contribution in [0.5, 0.6) is 0 Å². The summed E-state index contributed by atoms with van der Waals surface area (Å²) in [7, 11) is 0. The van der Waals surface area contributed by atoms with Crippen LogP contribution in [0.3, 0.4) is 0 Å². The van der Waals surface area contributed by atoms with Gasteiger partial charge in [-0.15, -0.1) is 0 Å². The molecule has 0 bridgehead atoms. The maximum Gasteiger partial charge on any atom is 0.224 e. The van der Waals surface area contributed by atoms with E-state index in [2.05, 4.69) is 54.8 Å². The first-order valence-corrected chi connectivity index (χ1v) is 13.8. The quantitative estimate of drug-likeness (QED) is 0.549. The average Bonchev–Trinajstić information content (AvgIpc) is 3.26. The Morgan fingerprint density at radius 2 is 1.58 bits per heavy atom. The SMILES string of the molecule is C[C@]12CC[C@H]3[C@@H](CC=C4NC(=O)CC[C@@]43C)[C@@H]1CC[C@@H]2C(=O)NC(c1ccccc1)c1ccccc1. The fourth-order valence-electron chi connectivity index (χ4n) is 8.52. The molecule has 2 aromatic carbocycles. The first-order chi connectivity index (χ1) is 17.4. The van der Waals surface area contributed by atoms with Crippen molar-refractivity contribution in [3.63, 3.8) is 0 Å².